The minimum Gasteiger partial charge on any atom is -0.493 e. The third-order valence-corrected chi connectivity index (χ3v) is 4.41. The van der Waals surface area contributed by atoms with Crippen molar-refractivity contribution < 1.29 is 23.8 Å². The summed E-state index contributed by atoms with van der Waals surface area (Å²) in [5.74, 6) is 0.291. The molecule has 0 fully saturated rings. The highest BCUT2D eigenvalue weighted by atomic mass is 35.5. The zero-order chi connectivity index (χ0) is 19.4. The van der Waals surface area contributed by atoms with Gasteiger partial charge in [0.15, 0.2) is 11.5 Å². The second kappa shape index (κ2) is 8.31. The molecule has 0 aliphatic carbocycles. The van der Waals surface area contributed by atoms with Crippen LogP contribution >= 0.6 is 11.6 Å². The number of ether oxygens (including phenoxy) is 3. The van der Waals surface area contributed by atoms with E-state index in [9.17, 15) is 9.59 Å². The number of hydrogen-bond donors (Lipinski definition) is 1. The van der Waals surface area contributed by atoms with E-state index < -0.39 is 12.0 Å². The minimum atomic E-state index is -0.771. The number of methoxy groups -OCH3 is 2. The van der Waals surface area contributed by atoms with Crippen LogP contribution in [0, 0.1) is 0 Å². The van der Waals surface area contributed by atoms with Gasteiger partial charge in [-0.25, -0.2) is 9.59 Å². The standard InChI is InChI=1S/C18H23ClN2O5/c1-6-21-10(3)14(17(22)26-7-2)15(20-18(21)23)12-8-11(19)9-13(24-4)16(12)25-5/h8-9,15H,6-7H2,1-5H3,(H,20,23)/t15-/m0/s1. The van der Waals surface area contributed by atoms with E-state index in [2.05, 4.69) is 5.32 Å². The molecule has 1 N–H and O–H groups in total. The molecule has 1 aromatic rings. The number of amides is 2. The molecule has 8 heteroatoms. The van der Waals surface area contributed by atoms with Crippen LogP contribution in [0.15, 0.2) is 23.4 Å². The van der Waals surface area contributed by atoms with E-state index in [0.717, 1.165) is 0 Å². The largest absolute Gasteiger partial charge is 0.493 e. The average molecular weight is 383 g/mol. The molecule has 0 saturated carbocycles. The topological polar surface area (TPSA) is 77.1 Å². The molecule has 1 aliphatic heterocycles. The number of hydrogen-bond acceptors (Lipinski definition) is 5. The summed E-state index contributed by atoms with van der Waals surface area (Å²) in [6.07, 6.45) is 0. The van der Waals surface area contributed by atoms with Gasteiger partial charge in [-0.15, -0.1) is 0 Å². The third-order valence-electron chi connectivity index (χ3n) is 4.19. The predicted octanol–water partition coefficient (Wildman–Crippen LogP) is 3.28. The Morgan fingerprint density at radius 1 is 1.27 bits per heavy atom. The summed E-state index contributed by atoms with van der Waals surface area (Å²) in [4.78, 5) is 26.6. The minimum absolute atomic E-state index is 0.221. The number of benzene rings is 1. The number of carbonyl (C=O) groups excluding carboxylic acids is 2. The molecule has 0 aromatic heterocycles. The third kappa shape index (κ3) is 3.58. The summed E-state index contributed by atoms with van der Waals surface area (Å²) in [6, 6.07) is 2.16. The molecule has 0 radical (unpaired) electrons. The van der Waals surface area contributed by atoms with Gasteiger partial charge in [-0.2, -0.15) is 0 Å². The zero-order valence-corrected chi connectivity index (χ0v) is 16.3. The molecule has 0 spiro atoms. The van der Waals surface area contributed by atoms with Crippen molar-refractivity contribution in [2.45, 2.75) is 26.8 Å². The molecule has 26 heavy (non-hydrogen) atoms. The molecule has 0 bridgehead atoms. The second-order valence-corrected chi connectivity index (χ2v) is 6.01. The normalized spacial score (nSPS) is 17.1. The number of halogens is 1. The summed E-state index contributed by atoms with van der Waals surface area (Å²) in [6.45, 7) is 5.91. The van der Waals surface area contributed by atoms with Crippen LogP contribution < -0.4 is 14.8 Å². The lowest BCUT2D eigenvalue weighted by atomic mass is 9.93. The molecular formula is C18H23ClN2O5. The van der Waals surface area contributed by atoms with Gasteiger partial charge in [0.05, 0.1) is 32.4 Å². The Hall–Kier alpha value is -2.41. The Morgan fingerprint density at radius 3 is 2.50 bits per heavy atom. The van der Waals surface area contributed by atoms with Crippen LogP contribution in [-0.2, 0) is 9.53 Å². The van der Waals surface area contributed by atoms with Crippen molar-refractivity contribution in [3.8, 4) is 11.5 Å². The van der Waals surface area contributed by atoms with Gasteiger partial charge in [-0.1, -0.05) is 11.6 Å². The number of nitrogens with one attached hydrogen (secondary N) is 1. The summed E-state index contributed by atoms with van der Waals surface area (Å²) < 4.78 is 16.0. The Labute approximate surface area is 157 Å². The lowest BCUT2D eigenvalue weighted by Crippen LogP contribution is -2.48. The second-order valence-electron chi connectivity index (χ2n) is 5.58. The maximum Gasteiger partial charge on any atom is 0.338 e. The SMILES string of the molecule is CCOC(=O)C1=C(C)N(CC)C(=O)N[C@H]1c1cc(Cl)cc(OC)c1OC. The number of esters is 1. The molecule has 142 valence electrons. The molecular weight excluding hydrogens is 360 g/mol. The zero-order valence-electron chi connectivity index (χ0n) is 15.5. The number of allylic oxidation sites excluding steroid dienone is 1. The Kier molecular flexibility index (Phi) is 6.37. The summed E-state index contributed by atoms with van der Waals surface area (Å²) in [5.41, 5.74) is 1.37. The van der Waals surface area contributed by atoms with Gasteiger partial charge >= 0.3 is 12.0 Å². The molecule has 0 saturated heterocycles. The van der Waals surface area contributed by atoms with Crippen LogP contribution in [-0.4, -0.2) is 44.3 Å². The fraction of sp³-hybridized carbons (Fsp3) is 0.444. The number of urea groups is 1. The van der Waals surface area contributed by atoms with E-state index in [-0.39, 0.29) is 12.6 Å². The van der Waals surface area contributed by atoms with Gasteiger partial charge in [0, 0.05) is 28.9 Å². The highest BCUT2D eigenvalue weighted by Gasteiger charge is 2.38. The van der Waals surface area contributed by atoms with Crippen molar-refractivity contribution in [2.24, 2.45) is 0 Å². The highest BCUT2D eigenvalue weighted by molar-refractivity contribution is 6.30. The van der Waals surface area contributed by atoms with Crippen LogP contribution in [0.1, 0.15) is 32.4 Å². The van der Waals surface area contributed by atoms with Crippen LogP contribution in [0.4, 0.5) is 4.79 Å². The Bertz CT molecular complexity index is 747. The first kappa shape index (κ1) is 19.9. The quantitative estimate of drug-likeness (QED) is 0.764. The maximum absolute atomic E-state index is 12.6. The summed E-state index contributed by atoms with van der Waals surface area (Å²) in [7, 11) is 2.97. The van der Waals surface area contributed by atoms with E-state index in [0.29, 0.717) is 39.9 Å². The van der Waals surface area contributed by atoms with E-state index >= 15 is 0 Å². The van der Waals surface area contributed by atoms with E-state index in [1.165, 1.54) is 19.1 Å². The molecule has 2 rings (SSSR count). The van der Waals surface area contributed by atoms with Crippen LogP contribution in [0.3, 0.4) is 0 Å². The fourth-order valence-corrected chi connectivity index (χ4v) is 3.26. The smallest absolute Gasteiger partial charge is 0.338 e. The highest BCUT2D eigenvalue weighted by Crippen LogP contribution is 2.42. The van der Waals surface area contributed by atoms with Gasteiger partial charge in [-0.3, -0.25) is 4.90 Å². The van der Waals surface area contributed by atoms with E-state index in [4.69, 9.17) is 25.8 Å². The van der Waals surface area contributed by atoms with Gasteiger partial charge in [0.2, 0.25) is 0 Å². The average Bonchev–Trinajstić information content (AvgIpc) is 2.60. The van der Waals surface area contributed by atoms with Crippen molar-refractivity contribution in [2.75, 3.05) is 27.4 Å². The van der Waals surface area contributed by atoms with Crippen molar-refractivity contribution in [1.82, 2.24) is 10.2 Å². The lowest BCUT2D eigenvalue weighted by molar-refractivity contribution is -0.139. The van der Waals surface area contributed by atoms with Crippen molar-refractivity contribution >= 4 is 23.6 Å². The van der Waals surface area contributed by atoms with Gasteiger partial charge in [0.25, 0.3) is 0 Å². The Morgan fingerprint density at radius 2 is 1.96 bits per heavy atom. The van der Waals surface area contributed by atoms with Crippen molar-refractivity contribution in [1.29, 1.82) is 0 Å². The molecule has 7 nitrogen and oxygen atoms in total. The summed E-state index contributed by atoms with van der Waals surface area (Å²) in [5, 5.41) is 3.23. The molecule has 1 aromatic carbocycles. The first-order chi connectivity index (χ1) is 12.4. The van der Waals surface area contributed by atoms with E-state index in [1.807, 2.05) is 6.92 Å². The first-order valence-electron chi connectivity index (χ1n) is 8.26. The summed E-state index contributed by atoms with van der Waals surface area (Å²) >= 11 is 6.20. The van der Waals surface area contributed by atoms with Gasteiger partial charge in [-0.05, 0) is 26.8 Å². The molecule has 1 atom stereocenters. The first-order valence-corrected chi connectivity index (χ1v) is 8.64. The molecule has 0 unspecified atom stereocenters. The van der Waals surface area contributed by atoms with Crippen LogP contribution in [0.5, 0.6) is 11.5 Å². The van der Waals surface area contributed by atoms with Crippen LogP contribution in [0.25, 0.3) is 0 Å². The fourth-order valence-electron chi connectivity index (χ4n) is 3.04. The monoisotopic (exact) mass is 382 g/mol. The van der Waals surface area contributed by atoms with Crippen LogP contribution in [0.2, 0.25) is 5.02 Å². The van der Waals surface area contributed by atoms with Gasteiger partial charge < -0.3 is 19.5 Å². The maximum atomic E-state index is 12.6. The number of rotatable bonds is 6. The lowest BCUT2D eigenvalue weighted by Gasteiger charge is -2.35. The number of carbonyl (C=O) groups is 2. The number of nitrogens with zero attached hydrogens (tertiary/aromatic N) is 1. The van der Waals surface area contributed by atoms with Gasteiger partial charge in [0.1, 0.15) is 0 Å². The predicted molar refractivity (Wildman–Crippen MR) is 97.5 cm³/mol. The molecule has 1 heterocycles. The van der Waals surface area contributed by atoms with Crippen molar-refractivity contribution in [3.05, 3.63) is 34.0 Å². The van der Waals surface area contributed by atoms with E-state index in [1.54, 1.807) is 26.0 Å². The Balaban J connectivity index is 2.70. The molecule has 1 aliphatic rings. The molecule has 2 amide bonds. The van der Waals surface area contributed by atoms with Crippen molar-refractivity contribution in [3.63, 3.8) is 0 Å².